The molecule has 5 atom stereocenters. The van der Waals surface area contributed by atoms with E-state index in [0.717, 1.165) is 11.8 Å². The van der Waals surface area contributed by atoms with Crippen LogP contribution in [0.5, 0.6) is 0 Å². The van der Waals surface area contributed by atoms with Crippen molar-refractivity contribution in [3.05, 3.63) is 12.2 Å². The average Bonchev–Trinajstić information content (AvgIpc) is 2.75. The molecule has 0 aromatic heterocycles. The maximum absolute atomic E-state index is 5.90. The van der Waals surface area contributed by atoms with Gasteiger partial charge in [-0.2, -0.15) is 0 Å². The predicted octanol–water partition coefficient (Wildman–Crippen LogP) is 1.67. The number of fused-ring (bicyclic) bond motifs is 5. The van der Waals surface area contributed by atoms with E-state index >= 15 is 0 Å². The fourth-order valence-corrected chi connectivity index (χ4v) is 3.59. The molecule has 0 spiro atoms. The summed E-state index contributed by atoms with van der Waals surface area (Å²) in [6.07, 6.45) is 5.38. The summed E-state index contributed by atoms with van der Waals surface area (Å²) >= 11 is 0. The van der Waals surface area contributed by atoms with Crippen molar-refractivity contribution in [2.24, 2.45) is 11.8 Å². The Labute approximate surface area is 85.9 Å². The lowest BCUT2D eigenvalue weighted by Gasteiger charge is -2.29. The molecule has 3 heterocycles. The minimum atomic E-state index is 0.420. The monoisotopic (exact) mass is 193 g/mol. The van der Waals surface area contributed by atoms with Gasteiger partial charge in [-0.3, -0.25) is 4.90 Å². The van der Waals surface area contributed by atoms with Gasteiger partial charge in [-0.1, -0.05) is 12.2 Å². The quantitative estimate of drug-likeness (QED) is 0.587. The molecule has 0 saturated carbocycles. The number of nitrogens with zero attached hydrogens (tertiary/aromatic N) is 1. The molecule has 2 bridgehead atoms. The standard InChI is InChI=1S/C12H19NO/c1-7(2)13-6-9-10-4-5-11(14-10)12(9)8(13)3/h4-5,7-12H,6H2,1-3H3. The maximum Gasteiger partial charge on any atom is 0.0812 e. The van der Waals surface area contributed by atoms with Crippen LogP contribution in [0.2, 0.25) is 0 Å². The Bertz CT molecular complexity index is 273. The van der Waals surface area contributed by atoms with E-state index in [0.29, 0.717) is 24.3 Å². The highest BCUT2D eigenvalue weighted by atomic mass is 16.5. The van der Waals surface area contributed by atoms with Crippen LogP contribution >= 0.6 is 0 Å². The van der Waals surface area contributed by atoms with Crippen LogP contribution in [0.15, 0.2) is 12.2 Å². The molecule has 3 rings (SSSR count). The molecule has 3 aliphatic rings. The molecule has 0 amide bonds. The van der Waals surface area contributed by atoms with E-state index in [4.69, 9.17) is 4.74 Å². The van der Waals surface area contributed by atoms with Crippen LogP contribution in [0.3, 0.4) is 0 Å². The third kappa shape index (κ3) is 0.986. The van der Waals surface area contributed by atoms with Gasteiger partial charge in [0.1, 0.15) is 0 Å². The minimum absolute atomic E-state index is 0.420. The molecule has 2 fully saturated rings. The summed E-state index contributed by atoms with van der Waals surface area (Å²) in [6, 6.07) is 1.37. The molecule has 0 N–H and O–H groups in total. The molecule has 0 aromatic rings. The van der Waals surface area contributed by atoms with Gasteiger partial charge >= 0.3 is 0 Å². The Morgan fingerprint density at radius 2 is 2.00 bits per heavy atom. The molecule has 78 valence electrons. The van der Waals surface area contributed by atoms with Crippen molar-refractivity contribution in [2.45, 2.75) is 45.1 Å². The highest BCUT2D eigenvalue weighted by Gasteiger charge is 2.54. The summed E-state index contributed by atoms with van der Waals surface area (Å²) in [4.78, 5) is 2.63. The second-order valence-corrected chi connectivity index (χ2v) is 5.22. The molecule has 5 unspecified atom stereocenters. The third-order valence-corrected chi connectivity index (χ3v) is 4.27. The molecular formula is C12H19NO. The Kier molecular flexibility index (Phi) is 1.80. The normalized spacial score (nSPS) is 50.7. The SMILES string of the molecule is CC(C)N1CC2C3C=CC(O3)C2C1C. The van der Waals surface area contributed by atoms with Crippen molar-refractivity contribution in [3.8, 4) is 0 Å². The smallest absolute Gasteiger partial charge is 0.0812 e. The first-order valence-electron chi connectivity index (χ1n) is 5.78. The van der Waals surface area contributed by atoms with Crippen LogP contribution in [0.4, 0.5) is 0 Å². The van der Waals surface area contributed by atoms with Crippen LogP contribution in [-0.2, 0) is 4.74 Å². The fourth-order valence-electron chi connectivity index (χ4n) is 3.59. The van der Waals surface area contributed by atoms with Crippen molar-refractivity contribution in [1.29, 1.82) is 0 Å². The molecule has 3 aliphatic heterocycles. The zero-order valence-electron chi connectivity index (χ0n) is 9.18. The van der Waals surface area contributed by atoms with E-state index in [9.17, 15) is 0 Å². The molecule has 0 aromatic carbocycles. The summed E-state index contributed by atoms with van der Waals surface area (Å²) in [5.74, 6) is 1.52. The van der Waals surface area contributed by atoms with Crippen molar-refractivity contribution >= 4 is 0 Å². The number of ether oxygens (including phenoxy) is 1. The summed E-state index contributed by atoms with van der Waals surface area (Å²) < 4.78 is 5.90. The Morgan fingerprint density at radius 1 is 1.29 bits per heavy atom. The highest BCUT2D eigenvalue weighted by molar-refractivity contribution is 5.19. The zero-order chi connectivity index (χ0) is 9.87. The van der Waals surface area contributed by atoms with Crippen LogP contribution in [-0.4, -0.2) is 35.7 Å². The maximum atomic E-state index is 5.90. The van der Waals surface area contributed by atoms with Gasteiger partial charge in [-0.05, 0) is 20.8 Å². The van der Waals surface area contributed by atoms with Gasteiger partial charge in [0.25, 0.3) is 0 Å². The molecule has 2 nitrogen and oxygen atoms in total. The molecule has 0 radical (unpaired) electrons. The lowest BCUT2D eigenvalue weighted by Crippen LogP contribution is -2.38. The van der Waals surface area contributed by atoms with Crippen LogP contribution in [0.1, 0.15) is 20.8 Å². The third-order valence-electron chi connectivity index (χ3n) is 4.27. The topological polar surface area (TPSA) is 12.5 Å². The highest BCUT2D eigenvalue weighted by Crippen LogP contribution is 2.47. The Balaban J connectivity index is 1.86. The minimum Gasteiger partial charge on any atom is -0.366 e. The summed E-state index contributed by atoms with van der Waals surface area (Å²) in [5.41, 5.74) is 0. The van der Waals surface area contributed by atoms with E-state index in [1.807, 2.05) is 0 Å². The van der Waals surface area contributed by atoms with Crippen molar-refractivity contribution in [1.82, 2.24) is 4.90 Å². The number of hydrogen-bond acceptors (Lipinski definition) is 2. The molecule has 2 saturated heterocycles. The van der Waals surface area contributed by atoms with Crippen molar-refractivity contribution < 1.29 is 4.74 Å². The lowest BCUT2D eigenvalue weighted by molar-refractivity contribution is 0.0654. The van der Waals surface area contributed by atoms with Gasteiger partial charge in [0.05, 0.1) is 12.2 Å². The number of hydrogen-bond donors (Lipinski definition) is 0. The van der Waals surface area contributed by atoms with E-state index in [1.54, 1.807) is 0 Å². The van der Waals surface area contributed by atoms with Gasteiger partial charge in [0, 0.05) is 30.5 Å². The zero-order valence-corrected chi connectivity index (χ0v) is 9.18. The number of likely N-dealkylation sites (tertiary alicyclic amines) is 1. The second-order valence-electron chi connectivity index (χ2n) is 5.22. The second kappa shape index (κ2) is 2.83. The lowest BCUT2D eigenvalue weighted by atomic mass is 9.83. The van der Waals surface area contributed by atoms with Gasteiger partial charge in [-0.25, -0.2) is 0 Å². The summed E-state index contributed by atoms with van der Waals surface area (Å²) in [6.45, 7) is 8.19. The van der Waals surface area contributed by atoms with E-state index in [1.165, 1.54) is 6.54 Å². The van der Waals surface area contributed by atoms with Crippen molar-refractivity contribution in [2.75, 3.05) is 6.54 Å². The largest absolute Gasteiger partial charge is 0.366 e. The first-order valence-corrected chi connectivity index (χ1v) is 5.78. The summed E-state index contributed by atoms with van der Waals surface area (Å²) in [5, 5.41) is 0. The molecule has 2 heteroatoms. The first-order chi connectivity index (χ1) is 6.68. The summed E-state index contributed by atoms with van der Waals surface area (Å²) in [7, 11) is 0. The van der Waals surface area contributed by atoms with Gasteiger partial charge < -0.3 is 4.74 Å². The van der Waals surface area contributed by atoms with E-state index < -0.39 is 0 Å². The van der Waals surface area contributed by atoms with Crippen LogP contribution in [0, 0.1) is 11.8 Å². The Morgan fingerprint density at radius 3 is 2.64 bits per heavy atom. The number of rotatable bonds is 1. The predicted molar refractivity (Wildman–Crippen MR) is 56.1 cm³/mol. The van der Waals surface area contributed by atoms with E-state index in [-0.39, 0.29) is 0 Å². The fraction of sp³-hybridized carbons (Fsp3) is 0.833. The first kappa shape index (κ1) is 8.93. The molecule has 14 heavy (non-hydrogen) atoms. The van der Waals surface area contributed by atoms with Crippen LogP contribution in [0.25, 0.3) is 0 Å². The molecular weight excluding hydrogens is 174 g/mol. The van der Waals surface area contributed by atoms with Gasteiger partial charge in [0.15, 0.2) is 0 Å². The molecule has 0 aliphatic carbocycles. The van der Waals surface area contributed by atoms with E-state index in [2.05, 4.69) is 37.8 Å². The van der Waals surface area contributed by atoms with Crippen molar-refractivity contribution in [3.63, 3.8) is 0 Å². The van der Waals surface area contributed by atoms with Crippen LogP contribution < -0.4 is 0 Å². The van der Waals surface area contributed by atoms with Gasteiger partial charge in [0.2, 0.25) is 0 Å². The average molecular weight is 193 g/mol. The Hall–Kier alpha value is -0.340. The van der Waals surface area contributed by atoms with Gasteiger partial charge in [-0.15, -0.1) is 0 Å².